The molecular weight excluding hydrogens is 300 g/mol. The number of halogens is 1. The Morgan fingerprint density at radius 2 is 2.27 bits per heavy atom. The third kappa shape index (κ3) is 4.37. The average Bonchev–Trinajstić information content (AvgIpc) is 2.98. The van der Waals surface area contributed by atoms with E-state index in [-0.39, 0.29) is 11.9 Å². The SMILES string of the molecule is COc1cc(Cl)ccc1CN(C(=O)CC(C)C)[C@H]1CCNC1. The molecule has 0 unspecified atom stereocenters. The van der Waals surface area contributed by atoms with E-state index in [2.05, 4.69) is 19.2 Å². The number of hydrogen-bond acceptors (Lipinski definition) is 3. The fraction of sp³-hybridized carbons (Fsp3) is 0.588. The van der Waals surface area contributed by atoms with E-state index in [0.29, 0.717) is 23.9 Å². The zero-order valence-electron chi connectivity index (χ0n) is 13.6. The van der Waals surface area contributed by atoms with Crippen molar-refractivity contribution >= 4 is 17.5 Å². The summed E-state index contributed by atoms with van der Waals surface area (Å²) in [6.45, 7) is 6.55. The second kappa shape index (κ2) is 7.84. The van der Waals surface area contributed by atoms with Gasteiger partial charge in [0.25, 0.3) is 0 Å². The highest BCUT2D eigenvalue weighted by Crippen LogP contribution is 2.26. The first-order valence-corrected chi connectivity index (χ1v) is 8.21. The van der Waals surface area contributed by atoms with Crippen molar-refractivity contribution in [2.45, 2.75) is 39.3 Å². The van der Waals surface area contributed by atoms with Gasteiger partial charge in [-0.2, -0.15) is 0 Å². The number of rotatable bonds is 6. The Labute approximate surface area is 137 Å². The number of methoxy groups -OCH3 is 1. The number of benzene rings is 1. The lowest BCUT2D eigenvalue weighted by atomic mass is 10.1. The summed E-state index contributed by atoms with van der Waals surface area (Å²) in [4.78, 5) is 14.6. The van der Waals surface area contributed by atoms with Crippen LogP contribution in [0.3, 0.4) is 0 Å². The molecule has 122 valence electrons. The van der Waals surface area contributed by atoms with Crippen LogP contribution in [-0.4, -0.2) is 37.0 Å². The van der Waals surface area contributed by atoms with Crippen molar-refractivity contribution in [2.75, 3.05) is 20.2 Å². The molecule has 1 aliphatic heterocycles. The Hall–Kier alpha value is -1.26. The highest BCUT2D eigenvalue weighted by Gasteiger charge is 2.27. The van der Waals surface area contributed by atoms with E-state index in [1.54, 1.807) is 13.2 Å². The summed E-state index contributed by atoms with van der Waals surface area (Å²) in [5, 5.41) is 3.98. The third-order valence-electron chi connectivity index (χ3n) is 3.97. The lowest BCUT2D eigenvalue weighted by Crippen LogP contribution is -2.41. The van der Waals surface area contributed by atoms with Crippen molar-refractivity contribution in [3.63, 3.8) is 0 Å². The predicted octanol–water partition coefficient (Wildman–Crippen LogP) is 3.09. The van der Waals surface area contributed by atoms with E-state index in [1.807, 2.05) is 17.0 Å². The van der Waals surface area contributed by atoms with Gasteiger partial charge in [-0.05, 0) is 31.0 Å². The average molecular weight is 325 g/mol. The van der Waals surface area contributed by atoms with E-state index in [4.69, 9.17) is 16.3 Å². The molecule has 1 saturated heterocycles. The molecule has 0 radical (unpaired) electrons. The van der Waals surface area contributed by atoms with Crippen LogP contribution in [0, 0.1) is 5.92 Å². The predicted molar refractivity (Wildman–Crippen MR) is 89.3 cm³/mol. The minimum atomic E-state index is 0.209. The molecule has 22 heavy (non-hydrogen) atoms. The van der Waals surface area contributed by atoms with E-state index in [9.17, 15) is 4.79 Å². The Bertz CT molecular complexity index is 513. The number of ether oxygens (including phenoxy) is 1. The molecule has 1 aromatic carbocycles. The summed E-state index contributed by atoms with van der Waals surface area (Å²) < 4.78 is 5.41. The molecule has 1 fully saturated rings. The molecule has 1 aliphatic rings. The van der Waals surface area contributed by atoms with Gasteiger partial charge in [0.15, 0.2) is 0 Å². The number of carbonyl (C=O) groups is 1. The summed E-state index contributed by atoms with van der Waals surface area (Å²) in [7, 11) is 1.63. The maximum atomic E-state index is 12.6. The molecule has 0 bridgehead atoms. The smallest absolute Gasteiger partial charge is 0.223 e. The number of nitrogens with one attached hydrogen (secondary N) is 1. The quantitative estimate of drug-likeness (QED) is 0.874. The normalized spacial score (nSPS) is 17.8. The Morgan fingerprint density at radius 1 is 1.50 bits per heavy atom. The van der Waals surface area contributed by atoms with Gasteiger partial charge in [-0.3, -0.25) is 4.79 Å². The molecule has 0 saturated carbocycles. The number of amides is 1. The fourth-order valence-electron chi connectivity index (χ4n) is 2.83. The second-order valence-electron chi connectivity index (χ2n) is 6.22. The lowest BCUT2D eigenvalue weighted by Gasteiger charge is -2.30. The fourth-order valence-corrected chi connectivity index (χ4v) is 2.99. The van der Waals surface area contributed by atoms with Crippen LogP contribution in [-0.2, 0) is 11.3 Å². The van der Waals surface area contributed by atoms with Gasteiger partial charge < -0.3 is 15.0 Å². The first-order chi connectivity index (χ1) is 10.5. The second-order valence-corrected chi connectivity index (χ2v) is 6.66. The van der Waals surface area contributed by atoms with Gasteiger partial charge in [-0.25, -0.2) is 0 Å². The number of carbonyl (C=O) groups excluding carboxylic acids is 1. The van der Waals surface area contributed by atoms with Crippen LogP contribution in [0.15, 0.2) is 18.2 Å². The van der Waals surface area contributed by atoms with Gasteiger partial charge in [-0.15, -0.1) is 0 Å². The molecule has 1 N–H and O–H groups in total. The van der Waals surface area contributed by atoms with Gasteiger partial charge >= 0.3 is 0 Å². The first kappa shape index (κ1) is 17.1. The first-order valence-electron chi connectivity index (χ1n) is 7.84. The maximum Gasteiger partial charge on any atom is 0.223 e. The van der Waals surface area contributed by atoms with Gasteiger partial charge in [0.05, 0.1) is 7.11 Å². The van der Waals surface area contributed by atoms with Crippen LogP contribution < -0.4 is 10.1 Å². The molecule has 1 amide bonds. The number of hydrogen-bond donors (Lipinski definition) is 1. The van der Waals surface area contributed by atoms with Crippen molar-refractivity contribution in [2.24, 2.45) is 5.92 Å². The summed E-state index contributed by atoms with van der Waals surface area (Å²) >= 11 is 6.02. The van der Waals surface area contributed by atoms with Crippen molar-refractivity contribution in [3.05, 3.63) is 28.8 Å². The van der Waals surface area contributed by atoms with Crippen LogP contribution >= 0.6 is 11.6 Å². The van der Waals surface area contributed by atoms with Crippen LogP contribution in [0.25, 0.3) is 0 Å². The minimum absolute atomic E-state index is 0.209. The topological polar surface area (TPSA) is 41.6 Å². The van der Waals surface area contributed by atoms with Gasteiger partial charge in [0, 0.05) is 36.1 Å². The molecule has 1 aromatic rings. The van der Waals surface area contributed by atoms with Crippen molar-refractivity contribution in [3.8, 4) is 5.75 Å². The van der Waals surface area contributed by atoms with Crippen LogP contribution in [0.4, 0.5) is 0 Å². The van der Waals surface area contributed by atoms with Crippen molar-refractivity contribution in [1.29, 1.82) is 0 Å². The summed E-state index contributed by atoms with van der Waals surface area (Å²) in [5.74, 6) is 1.30. The van der Waals surface area contributed by atoms with Gasteiger partial charge in [-0.1, -0.05) is 31.5 Å². The van der Waals surface area contributed by atoms with Gasteiger partial charge in [0.1, 0.15) is 5.75 Å². The summed E-state index contributed by atoms with van der Waals surface area (Å²) in [6.07, 6.45) is 1.58. The van der Waals surface area contributed by atoms with E-state index < -0.39 is 0 Å². The zero-order valence-corrected chi connectivity index (χ0v) is 14.3. The zero-order chi connectivity index (χ0) is 16.1. The molecule has 1 heterocycles. The minimum Gasteiger partial charge on any atom is -0.496 e. The Kier molecular flexibility index (Phi) is 6.09. The van der Waals surface area contributed by atoms with Crippen molar-refractivity contribution in [1.82, 2.24) is 10.2 Å². The van der Waals surface area contributed by atoms with Crippen LogP contribution in [0.5, 0.6) is 5.75 Å². The highest BCUT2D eigenvalue weighted by molar-refractivity contribution is 6.30. The Balaban J connectivity index is 2.20. The summed E-state index contributed by atoms with van der Waals surface area (Å²) in [5.41, 5.74) is 0.996. The standard InChI is InChI=1S/C17H25ClN2O2/c1-12(2)8-17(21)20(15-6-7-19-10-15)11-13-4-5-14(18)9-16(13)22-3/h4-5,9,12,15,19H,6-8,10-11H2,1-3H3/t15-/m0/s1. The molecule has 4 nitrogen and oxygen atoms in total. The van der Waals surface area contributed by atoms with Crippen molar-refractivity contribution < 1.29 is 9.53 Å². The molecule has 2 rings (SSSR count). The molecule has 0 spiro atoms. The van der Waals surface area contributed by atoms with E-state index in [1.165, 1.54) is 0 Å². The monoisotopic (exact) mass is 324 g/mol. The highest BCUT2D eigenvalue weighted by atomic mass is 35.5. The summed E-state index contributed by atoms with van der Waals surface area (Å²) in [6, 6.07) is 5.84. The molecule has 0 aliphatic carbocycles. The molecular formula is C17H25ClN2O2. The molecule has 5 heteroatoms. The van der Waals surface area contributed by atoms with Crippen LogP contribution in [0.1, 0.15) is 32.3 Å². The third-order valence-corrected chi connectivity index (χ3v) is 4.20. The number of nitrogens with zero attached hydrogens (tertiary/aromatic N) is 1. The van der Waals surface area contributed by atoms with E-state index in [0.717, 1.165) is 30.8 Å². The molecule has 0 aromatic heterocycles. The largest absolute Gasteiger partial charge is 0.496 e. The van der Waals surface area contributed by atoms with Gasteiger partial charge in [0.2, 0.25) is 5.91 Å². The Morgan fingerprint density at radius 3 is 2.86 bits per heavy atom. The molecule has 1 atom stereocenters. The van der Waals surface area contributed by atoms with Crippen LogP contribution in [0.2, 0.25) is 5.02 Å². The lowest BCUT2D eigenvalue weighted by molar-refractivity contribution is -0.134. The van der Waals surface area contributed by atoms with E-state index >= 15 is 0 Å². The maximum absolute atomic E-state index is 12.6.